The van der Waals surface area contributed by atoms with Gasteiger partial charge >= 0.3 is 5.97 Å². The molecule has 0 heterocycles. The van der Waals surface area contributed by atoms with Gasteiger partial charge in [-0.05, 0) is 36.5 Å². The average molecular weight is 321 g/mol. The summed E-state index contributed by atoms with van der Waals surface area (Å²) in [5.41, 5.74) is 1.20. The van der Waals surface area contributed by atoms with Gasteiger partial charge in [-0.15, -0.1) is 0 Å². The summed E-state index contributed by atoms with van der Waals surface area (Å²) in [6.07, 6.45) is -0.826. The van der Waals surface area contributed by atoms with Crippen LogP contribution in [0.15, 0.2) is 24.3 Å². The molecule has 0 aliphatic heterocycles. The Morgan fingerprint density at radius 3 is 2.17 bits per heavy atom. The van der Waals surface area contributed by atoms with Crippen LogP contribution in [0.4, 0.5) is 0 Å². The van der Waals surface area contributed by atoms with Gasteiger partial charge in [-0.2, -0.15) is 0 Å². The van der Waals surface area contributed by atoms with Crippen LogP contribution >= 0.6 is 0 Å². The van der Waals surface area contributed by atoms with Gasteiger partial charge in [-0.3, -0.25) is 4.79 Å². The molecule has 23 heavy (non-hydrogen) atoms. The SMILES string of the molecule is CC(C)CNC(=O)[C@@H](C)OC(=O)COc1ccc(C(C)C)cc1. The third-order valence-electron chi connectivity index (χ3n) is 3.27. The minimum atomic E-state index is -0.826. The molecule has 1 aromatic carbocycles. The maximum absolute atomic E-state index is 11.7. The highest BCUT2D eigenvalue weighted by molar-refractivity contribution is 5.83. The van der Waals surface area contributed by atoms with E-state index >= 15 is 0 Å². The van der Waals surface area contributed by atoms with Gasteiger partial charge < -0.3 is 14.8 Å². The van der Waals surface area contributed by atoms with Gasteiger partial charge in [-0.1, -0.05) is 39.8 Å². The minimum absolute atomic E-state index is 0.219. The Morgan fingerprint density at radius 1 is 1.04 bits per heavy atom. The third kappa shape index (κ3) is 7.17. The summed E-state index contributed by atoms with van der Waals surface area (Å²) in [4.78, 5) is 23.4. The van der Waals surface area contributed by atoms with E-state index < -0.39 is 12.1 Å². The van der Waals surface area contributed by atoms with Crippen LogP contribution in [0.2, 0.25) is 0 Å². The lowest BCUT2D eigenvalue weighted by molar-refractivity contribution is -0.156. The van der Waals surface area contributed by atoms with Crippen molar-refractivity contribution in [1.82, 2.24) is 5.32 Å². The Labute approximate surface area is 138 Å². The van der Waals surface area contributed by atoms with Crippen molar-refractivity contribution in [3.05, 3.63) is 29.8 Å². The van der Waals surface area contributed by atoms with Crippen molar-refractivity contribution in [2.75, 3.05) is 13.2 Å². The van der Waals surface area contributed by atoms with Gasteiger partial charge in [0.25, 0.3) is 5.91 Å². The van der Waals surface area contributed by atoms with E-state index in [-0.39, 0.29) is 12.5 Å². The summed E-state index contributed by atoms with van der Waals surface area (Å²) in [6, 6.07) is 7.57. The van der Waals surface area contributed by atoms with E-state index in [4.69, 9.17) is 9.47 Å². The van der Waals surface area contributed by atoms with Gasteiger partial charge in [0.15, 0.2) is 12.7 Å². The first-order valence-corrected chi connectivity index (χ1v) is 7.99. The van der Waals surface area contributed by atoms with E-state index in [0.717, 1.165) is 0 Å². The second-order valence-corrected chi connectivity index (χ2v) is 6.28. The predicted molar refractivity (Wildman–Crippen MR) is 89.4 cm³/mol. The molecule has 0 saturated heterocycles. The summed E-state index contributed by atoms with van der Waals surface area (Å²) in [5, 5.41) is 2.72. The van der Waals surface area contributed by atoms with Crippen LogP contribution in [-0.2, 0) is 14.3 Å². The van der Waals surface area contributed by atoms with Crippen molar-refractivity contribution in [3.8, 4) is 5.75 Å². The Balaban J connectivity index is 2.37. The number of nitrogens with one attached hydrogen (secondary N) is 1. The number of carbonyl (C=O) groups excluding carboxylic acids is 2. The number of hydrogen-bond donors (Lipinski definition) is 1. The van der Waals surface area contributed by atoms with Gasteiger partial charge in [-0.25, -0.2) is 4.79 Å². The largest absolute Gasteiger partial charge is 0.482 e. The monoisotopic (exact) mass is 321 g/mol. The molecular weight excluding hydrogens is 294 g/mol. The molecule has 128 valence electrons. The molecule has 0 radical (unpaired) electrons. The van der Waals surface area contributed by atoms with Gasteiger partial charge in [0.05, 0.1) is 0 Å². The van der Waals surface area contributed by atoms with Crippen LogP contribution in [0.3, 0.4) is 0 Å². The Hall–Kier alpha value is -2.04. The number of esters is 1. The number of rotatable bonds is 8. The molecular formula is C18H27NO4. The van der Waals surface area contributed by atoms with E-state index in [0.29, 0.717) is 24.1 Å². The Kier molecular flexibility index (Phi) is 7.59. The summed E-state index contributed by atoms with van der Waals surface area (Å²) in [6.45, 7) is 10.1. The molecule has 1 amide bonds. The molecule has 1 N–H and O–H groups in total. The van der Waals surface area contributed by atoms with Crippen molar-refractivity contribution < 1.29 is 19.1 Å². The molecule has 5 nitrogen and oxygen atoms in total. The lowest BCUT2D eigenvalue weighted by atomic mass is 10.0. The number of carbonyl (C=O) groups is 2. The fraction of sp³-hybridized carbons (Fsp3) is 0.556. The van der Waals surface area contributed by atoms with Crippen molar-refractivity contribution in [1.29, 1.82) is 0 Å². The molecule has 1 aromatic rings. The third-order valence-corrected chi connectivity index (χ3v) is 3.27. The molecule has 0 aliphatic carbocycles. The molecule has 0 fully saturated rings. The van der Waals surface area contributed by atoms with Crippen molar-refractivity contribution in [3.63, 3.8) is 0 Å². The van der Waals surface area contributed by atoms with E-state index in [1.165, 1.54) is 5.56 Å². The molecule has 5 heteroatoms. The highest BCUT2D eigenvalue weighted by Gasteiger charge is 2.18. The zero-order chi connectivity index (χ0) is 17.4. The van der Waals surface area contributed by atoms with Gasteiger partial charge in [0.1, 0.15) is 5.75 Å². The zero-order valence-corrected chi connectivity index (χ0v) is 14.6. The molecule has 0 aromatic heterocycles. The molecule has 0 aliphatic rings. The summed E-state index contributed by atoms with van der Waals surface area (Å²) in [7, 11) is 0. The quantitative estimate of drug-likeness (QED) is 0.748. The smallest absolute Gasteiger partial charge is 0.344 e. The summed E-state index contributed by atoms with van der Waals surface area (Å²) < 4.78 is 10.4. The second-order valence-electron chi connectivity index (χ2n) is 6.28. The number of benzene rings is 1. The maximum atomic E-state index is 11.7. The lowest BCUT2D eigenvalue weighted by Gasteiger charge is -2.15. The highest BCUT2D eigenvalue weighted by atomic mass is 16.6. The Bertz CT molecular complexity index is 508. The molecule has 1 atom stereocenters. The molecule has 1 rings (SSSR count). The fourth-order valence-electron chi connectivity index (χ4n) is 1.82. The average Bonchev–Trinajstić information content (AvgIpc) is 2.50. The summed E-state index contributed by atoms with van der Waals surface area (Å²) in [5.74, 6) is 0.528. The summed E-state index contributed by atoms with van der Waals surface area (Å²) >= 11 is 0. The lowest BCUT2D eigenvalue weighted by Crippen LogP contribution is -2.38. The van der Waals surface area contributed by atoms with Crippen LogP contribution in [0, 0.1) is 5.92 Å². The van der Waals surface area contributed by atoms with E-state index in [2.05, 4.69) is 19.2 Å². The maximum Gasteiger partial charge on any atom is 0.344 e. The van der Waals surface area contributed by atoms with Crippen LogP contribution < -0.4 is 10.1 Å². The standard InChI is InChI=1S/C18H27NO4/c1-12(2)10-19-18(21)14(5)23-17(20)11-22-16-8-6-15(7-9-16)13(3)4/h6-9,12-14H,10-11H2,1-5H3,(H,19,21)/t14-/m1/s1. The van der Waals surface area contributed by atoms with Crippen molar-refractivity contribution >= 4 is 11.9 Å². The molecule has 0 bridgehead atoms. The van der Waals surface area contributed by atoms with Crippen LogP contribution in [0.25, 0.3) is 0 Å². The molecule has 0 spiro atoms. The predicted octanol–water partition coefficient (Wildman–Crippen LogP) is 2.89. The van der Waals surface area contributed by atoms with Gasteiger partial charge in [0, 0.05) is 6.54 Å². The topological polar surface area (TPSA) is 64.6 Å². The van der Waals surface area contributed by atoms with E-state index in [1.54, 1.807) is 6.92 Å². The van der Waals surface area contributed by atoms with Crippen molar-refractivity contribution in [2.24, 2.45) is 5.92 Å². The van der Waals surface area contributed by atoms with E-state index in [1.807, 2.05) is 38.1 Å². The van der Waals surface area contributed by atoms with Crippen LogP contribution in [0.1, 0.15) is 46.1 Å². The second kappa shape index (κ2) is 9.18. The number of amides is 1. The first-order valence-electron chi connectivity index (χ1n) is 7.99. The van der Waals surface area contributed by atoms with Crippen LogP contribution in [-0.4, -0.2) is 31.1 Å². The number of ether oxygens (including phenoxy) is 2. The number of hydrogen-bond acceptors (Lipinski definition) is 4. The van der Waals surface area contributed by atoms with Crippen LogP contribution in [0.5, 0.6) is 5.75 Å². The first-order chi connectivity index (χ1) is 10.8. The fourth-order valence-corrected chi connectivity index (χ4v) is 1.82. The normalized spacial score (nSPS) is 12.1. The Morgan fingerprint density at radius 2 is 1.65 bits per heavy atom. The molecule has 0 saturated carbocycles. The zero-order valence-electron chi connectivity index (χ0n) is 14.6. The van der Waals surface area contributed by atoms with E-state index in [9.17, 15) is 9.59 Å². The van der Waals surface area contributed by atoms with Gasteiger partial charge in [0.2, 0.25) is 0 Å². The first kappa shape index (κ1) is 19.0. The highest BCUT2D eigenvalue weighted by Crippen LogP contribution is 2.18. The van der Waals surface area contributed by atoms with Crippen molar-refractivity contribution in [2.45, 2.75) is 46.6 Å². The minimum Gasteiger partial charge on any atom is -0.482 e. The molecule has 0 unspecified atom stereocenters.